The second kappa shape index (κ2) is 4.92. The van der Waals surface area contributed by atoms with Crippen molar-refractivity contribution in [3.63, 3.8) is 0 Å². The van der Waals surface area contributed by atoms with Crippen LogP contribution in [0.5, 0.6) is 0 Å². The van der Waals surface area contributed by atoms with Gasteiger partial charge >= 0.3 is 0 Å². The third kappa shape index (κ3) is 2.64. The molecule has 1 aliphatic rings. The van der Waals surface area contributed by atoms with Crippen molar-refractivity contribution >= 4 is 11.6 Å². The second-order valence-corrected chi connectivity index (χ2v) is 5.70. The summed E-state index contributed by atoms with van der Waals surface area (Å²) in [7, 11) is 0. The highest BCUT2D eigenvalue weighted by molar-refractivity contribution is 5.98. The number of aryl methyl sites for hydroxylation is 1. The monoisotopic (exact) mass is 286 g/mol. The van der Waals surface area contributed by atoms with E-state index in [1.807, 2.05) is 31.2 Å². The van der Waals surface area contributed by atoms with Crippen LogP contribution < -0.4 is 11.1 Å². The van der Waals surface area contributed by atoms with Crippen LogP contribution in [0.2, 0.25) is 0 Å². The number of benzene rings is 1. The van der Waals surface area contributed by atoms with Gasteiger partial charge in [0.05, 0.1) is 11.2 Å². The van der Waals surface area contributed by atoms with Crippen molar-refractivity contribution in [1.82, 2.24) is 20.2 Å². The molecule has 1 atom stereocenters. The Morgan fingerprint density at radius 3 is 2.86 bits per heavy atom. The van der Waals surface area contributed by atoms with Gasteiger partial charge in [-0.15, -0.1) is 5.10 Å². The van der Waals surface area contributed by atoms with Crippen LogP contribution in [-0.2, 0) is 4.79 Å². The molecule has 7 nitrogen and oxygen atoms in total. The predicted octanol–water partition coefficient (Wildman–Crippen LogP) is 1.04. The Labute approximate surface area is 122 Å². The Morgan fingerprint density at radius 2 is 2.24 bits per heavy atom. The number of nitrogens with one attached hydrogen (secondary N) is 1. The SMILES string of the molecule is Cc1nnnn1-c1cccc(NC(=O)C(C)(N)C2CC2)c1. The lowest BCUT2D eigenvalue weighted by Gasteiger charge is -2.23. The molecule has 0 saturated heterocycles. The van der Waals surface area contributed by atoms with Gasteiger partial charge in [0.15, 0.2) is 5.82 Å². The Hall–Kier alpha value is -2.28. The first-order valence-corrected chi connectivity index (χ1v) is 6.94. The maximum Gasteiger partial charge on any atom is 0.244 e. The average molecular weight is 286 g/mol. The van der Waals surface area contributed by atoms with Gasteiger partial charge in [-0.05, 0) is 61.2 Å². The van der Waals surface area contributed by atoms with E-state index in [-0.39, 0.29) is 11.8 Å². The number of amides is 1. The van der Waals surface area contributed by atoms with Crippen LogP contribution >= 0.6 is 0 Å². The van der Waals surface area contributed by atoms with E-state index in [0.717, 1.165) is 18.5 Å². The summed E-state index contributed by atoms with van der Waals surface area (Å²) in [5.41, 5.74) is 6.78. The fourth-order valence-electron chi connectivity index (χ4n) is 2.32. The van der Waals surface area contributed by atoms with Crippen molar-refractivity contribution in [1.29, 1.82) is 0 Å². The summed E-state index contributed by atoms with van der Waals surface area (Å²) < 4.78 is 1.61. The van der Waals surface area contributed by atoms with Gasteiger partial charge in [-0.1, -0.05) is 6.07 Å². The van der Waals surface area contributed by atoms with Crippen molar-refractivity contribution in [3.05, 3.63) is 30.1 Å². The molecule has 1 amide bonds. The normalized spacial score (nSPS) is 17.3. The summed E-state index contributed by atoms with van der Waals surface area (Å²) in [6, 6.07) is 7.37. The van der Waals surface area contributed by atoms with E-state index in [4.69, 9.17) is 5.73 Å². The van der Waals surface area contributed by atoms with E-state index in [9.17, 15) is 4.79 Å². The van der Waals surface area contributed by atoms with Crippen LogP contribution in [0.3, 0.4) is 0 Å². The molecule has 1 aliphatic carbocycles. The topological polar surface area (TPSA) is 98.7 Å². The first kappa shape index (κ1) is 13.7. The standard InChI is InChI=1S/C14H18N6O/c1-9-17-18-19-20(9)12-5-3-4-11(8-12)16-13(21)14(2,15)10-6-7-10/h3-5,8,10H,6-7,15H2,1-2H3,(H,16,21). The van der Waals surface area contributed by atoms with Gasteiger partial charge in [-0.3, -0.25) is 4.79 Å². The highest BCUT2D eigenvalue weighted by atomic mass is 16.2. The van der Waals surface area contributed by atoms with Gasteiger partial charge in [0.2, 0.25) is 5.91 Å². The molecule has 1 heterocycles. The van der Waals surface area contributed by atoms with Crippen LogP contribution in [0, 0.1) is 12.8 Å². The van der Waals surface area contributed by atoms with Crippen LogP contribution in [0.1, 0.15) is 25.6 Å². The van der Waals surface area contributed by atoms with E-state index in [2.05, 4.69) is 20.8 Å². The van der Waals surface area contributed by atoms with Gasteiger partial charge in [-0.2, -0.15) is 4.68 Å². The second-order valence-electron chi connectivity index (χ2n) is 5.70. The van der Waals surface area contributed by atoms with Gasteiger partial charge in [0.1, 0.15) is 0 Å². The summed E-state index contributed by atoms with van der Waals surface area (Å²) in [4.78, 5) is 12.3. The molecule has 1 unspecified atom stereocenters. The lowest BCUT2D eigenvalue weighted by molar-refractivity contribution is -0.121. The minimum Gasteiger partial charge on any atom is -0.324 e. The van der Waals surface area contributed by atoms with Crippen molar-refractivity contribution in [2.45, 2.75) is 32.2 Å². The average Bonchev–Trinajstić information content (AvgIpc) is 3.22. The zero-order valence-corrected chi connectivity index (χ0v) is 12.1. The quantitative estimate of drug-likeness (QED) is 0.874. The highest BCUT2D eigenvalue weighted by Gasteiger charge is 2.44. The van der Waals surface area contributed by atoms with E-state index < -0.39 is 5.54 Å². The Kier molecular flexibility index (Phi) is 3.21. The molecule has 7 heteroatoms. The summed E-state index contributed by atoms with van der Waals surface area (Å²) >= 11 is 0. The third-order valence-electron chi connectivity index (χ3n) is 3.89. The number of tetrazole rings is 1. The first-order valence-electron chi connectivity index (χ1n) is 6.94. The van der Waals surface area contributed by atoms with Crippen molar-refractivity contribution in [3.8, 4) is 5.69 Å². The molecule has 2 aromatic rings. The zero-order valence-electron chi connectivity index (χ0n) is 12.1. The van der Waals surface area contributed by atoms with Gasteiger partial charge in [-0.25, -0.2) is 0 Å². The van der Waals surface area contributed by atoms with E-state index in [1.54, 1.807) is 11.6 Å². The maximum absolute atomic E-state index is 12.3. The van der Waals surface area contributed by atoms with Crippen LogP contribution in [0.25, 0.3) is 5.69 Å². The maximum atomic E-state index is 12.3. The lowest BCUT2D eigenvalue weighted by Crippen LogP contribution is -2.50. The molecule has 0 spiro atoms. The number of hydrogen-bond donors (Lipinski definition) is 2. The Bertz CT molecular complexity index is 674. The fourth-order valence-corrected chi connectivity index (χ4v) is 2.32. The molecule has 1 fully saturated rings. The molecule has 1 aromatic heterocycles. The van der Waals surface area contributed by atoms with Crippen LogP contribution in [-0.4, -0.2) is 31.7 Å². The minimum atomic E-state index is -0.819. The molecule has 21 heavy (non-hydrogen) atoms. The van der Waals surface area contributed by atoms with Crippen molar-refractivity contribution in [2.75, 3.05) is 5.32 Å². The molecule has 0 radical (unpaired) electrons. The summed E-state index contributed by atoms with van der Waals surface area (Å²) in [5, 5.41) is 14.3. The number of aromatic nitrogens is 4. The molecular weight excluding hydrogens is 268 g/mol. The van der Waals surface area contributed by atoms with Gasteiger partial charge in [0.25, 0.3) is 0 Å². The highest BCUT2D eigenvalue weighted by Crippen LogP contribution is 2.38. The van der Waals surface area contributed by atoms with Crippen LogP contribution in [0.4, 0.5) is 5.69 Å². The first-order chi connectivity index (χ1) is 9.98. The predicted molar refractivity (Wildman–Crippen MR) is 77.8 cm³/mol. The zero-order chi connectivity index (χ0) is 15.0. The summed E-state index contributed by atoms with van der Waals surface area (Å²) in [6.07, 6.45) is 2.04. The molecule has 3 rings (SSSR count). The largest absolute Gasteiger partial charge is 0.324 e. The molecule has 0 bridgehead atoms. The number of nitrogens with zero attached hydrogens (tertiary/aromatic N) is 4. The smallest absolute Gasteiger partial charge is 0.244 e. The molecule has 110 valence electrons. The Morgan fingerprint density at radius 1 is 1.48 bits per heavy atom. The molecule has 1 saturated carbocycles. The number of nitrogens with two attached hydrogens (primary N) is 1. The van der Waals surface area contributed by atoms with Crippen LogP contribution in [0.15, 0.2) is 24.3 Å². The molecular formula is C14H18N6O. The number of carbonyl (C=O) groups excluding carboxylic acids is 1. The number of anilines is 1. The molecule has 0 aliphatic heterocycles. The van der Waals surface area contributed by atoms with Gasteiger partial charge < -0.3 is 11.1 Å². The van der Waals surface area contributed by atoms with Crippen molar-refractivity contribution < 1.29 is 4.79 Å². The van der Waals surface area contributed by atoms with Crippen molar-refractivity contribution in [2.24, 2.45) is 11.7 Å². The lowest BCUT2D eigenvalue weighted by atomic mass is 9.96. The molecule has 3 N–H and O–H groups in total. The summed E-state index contributed by atoms with van der Waals surface area (Å²) in [5.74, 6) is 0.804. The molecule has 1 aromatic carbocycles. The fraction of sp³-hybridized carbons (Fsp3) is 0.429. The number of carbonyl (C=O) groups is 1. The minimum absolute atomic E-state index is 0.157. The number of rotatable bonds is 4. The van der Waals surface area contributed by atoms with E-state index >= 15 is 0 Å². The van der Waals surface area contributed by atoms with E-state index in [0.29, 0.717) is 11.5 Å². The van der Waals surface area contributed by atoms with E-state index in [1.165, 1.54) is 0 Å². The van der Waals surface area contributed by atoms with Gasteiger partial charge in [0, 0.05) is 5.69 Å². The third-order valence-corrected chi connectivity index (χ3v) is 3.89. The number of hydrogen-bond acceptors (Lipinski definition) is 5. The Balaban J connectivity index is 1.81. The summed E-state index contributed by atoms with van der Waals surface area (Å²) in [6.45, 7) is 3.60.